The van der Waals surface area contributed by atoms with Crippen LogP contribution in [0.2, 0.25) is 0 Å². The van der Waals surface area contributed by atoms with Crippen LogP contribution in [0.4, 0.5) is 0 Å². The van der Waals surface area contributed by atoms with E-state index in [0.717, 1.165) is 6.42 Å². The van der Waals surface area contributed by atoms with Crippen molar-refractivity contribution in [2.75, 3.05) is 0 Å². The quantitative estimate of drug-likeness (QED) is 0.607. The number of carboxylic acids is 1. The molecule has 0 heterocycles. The van der Waals surface area contributed by atoms with E-state index >= 15 is 0 Å². The summed E-state index contributed by atoms with van der Waals surface area (Å²) in [5.74, 6) is -0.930. The molecule has 0 unspecified atom stereocenters. The fourth-order valence-electron chi connectivity index (χ4n) is 1.05. The van der Waals surface area contributed by atoms with E-state index in [1.807, 2.05) is 6.92 Å². The lowest BCUT2D eigenvalue weighted by Crippen LogP contribution is -2.07. The van der Waals surface area contributed by atoms with Crippen molar-refractivity contribution in [2.24, 2.45) is 0 Å². The molecule has 0 saturated carbocycles. The Labute approximate surface area is 87.5 Å². The van der Waals surface area contributed by atoms with Gasteiger partial charge in [-0.3, -0.25) is 4.79 Å². The van der Waals surface area contributed by atoms with Crippen LogP contribution in [0.5, 0.6) is 5.75 Å². The molecule has 4 heteroatoms. The molecule has 0 saturated heterocycles. The molecule has 4 nitrogen and oxygen atoms in total. The molecule has 15 heavy (non-hydrogen) atoms. The van der Waals surface area contributed by atoms with E-state index in [4.69, 9.17) is 9.84 Å². The van der Waals surface area contributed by atoms with Crippen molar-refractivity contribution in [1.82, 2.24) is 0 Å². The Kier molecular flexibility index (Phi) is 3.85. The molecule has 0 aromatic heterocycles. The monoisotopic (exact) mass is 208 g/mol. The van der Waals surface area contributed by atoms with Gasteiger partial charge in [-0.2, -0.15) is 0 Å². The van der Waals surface area contributed by atoms with Crippen LogP contribution in [0.25, 0.3) is 0 Å². The van der Waals surface area contributed by atoms with Crippen LogP contribution in [-0.4, -0.2) is 17.0 Å². The van der Waals surface area contributed by atoms with Gasteiger partial charge in [0.25, 0.3) is 0 Å². The highest BCUT2D eigenvalue weighted by molar-refractivity contribution is 5.87. The molecule has 0 spiro atoms. The Morgan fingerprint density at radius 3 is 2.33 bits per heavy atom. The second-order valence-corrected chi connectivity index (χ2v) is 3.05. The molecule has 1 aromatic rings. The van der Waals surface area contributed by atoms with Gasteiger partial charge in [0.15, 0.2) is 0 Å². The van der Waals surface area contributed by atoms with Crippen LogP contribution >= 0.6 is 0 Å². The summed E-state index contributed by atoms with van der Waals surface area (Å²) >= 11 is 0. The molecular formula is C11H12O4. The number of carboxylic acid groups (broad SMARTS) is 1. The number of aromatic carboxylic acids is 1. The van der Waals surface area contributed by atoms with Gasteiger partial charge in [0, 0.05) is 6.42 Å². The summed E-state index contributed by atoms with van der Waals surface area (Å²) in [6.45, 7) is 1.88. The van der Waals surface area contributed by atoms with Gasteiger partial charge in [0.2, 0.25) is 0 Å². The summed E-state index contributed by atoms with van der Waals surface area (Å²) < 4.78 is 4.96. The predicted molar refractivity (Wildman–Crippen MR) is 53.9 cm³/mol. The predicted octanol–water partition coefficient (Wildman–Crippen LogP) is 2.09. The van der Waals surface area contributed by atoms with Crippen molar-refractivity contribution in [1.29, 1.82) is 0 Å². The number of hydrogen-bond donors (Lipinski definition) is 1. The minimum Gasteiger partial charge on any atom is -0.478 e. The van der Waals surface area contributed by atoms with Gasteiger partial charge in [-0.05, 0) is 30.7 Å². The minimum absolute atomic E-state index is 0.172. The van der Waals surface area contributed by atoms with Gasteiger partial charge < -0.3 is 9.84 Å². The van der Waals surface area contributed by atoms with E-state index < -0.39 is 5.97 Å². The maximum atomic E-state index is 11.1. The normalized spacial score (nSPS) is 9.67. The average molecular weight is 208 g/mol. The molecule has 1 N–H and O–H groups in total. The Bertz CT molecular complexity index is 353. The lowest BCUT2D eigenvalue weighted by molar-refractivity contribution is -0.134. The van der Waals surface area contributed by atoms with E-state index in [1.54, 1.807) is 0 Å². The molecule has 0 bridgehead atoms. The van der Waals surface area contributed by atoms with Crippen LogP contribution < -0.4 is 4.74 Å². The number of rotatable bonds is 4. The first-order chi connectivity index (χ1) is 7.13. The van der Waals surface area contributed by atoms with Crippen LogP contribution in [0, 0.1) is 0 Å². The van der Waals surface area contributed by atoms with Gasteiger partial charge in [-0.15, -0.1) is 0 Å². The highest BCUT2D eigenvalue weighted by atomic mass is 16.5. The van der Waals surface area contributed by atoms with Gasteiger partial charge in [-0.25, -0.2) is 4.79 Å². The fourth-order valence-corrected chi connectivity index (χ4v) is 1.05. The van der Waals surface area contributed by atoms with Gasteiger partial charge in [-0.1, -0.05) is 6.92 Å². The number of carbonyl (C=O) groups is 2. The number of ether oxygens (including phenoxy) is 1. The molecular weight excluding hydrogens is 196 g/mol. The summed E-state index contributed by atoms with van der Waals surface area (Å²) in [7, 11) is 0. The summed E-state index contributed by atoms with van der Waals surface area (Å²) in [4.78, 5) is 21.6. The number of carbonyl (C=O) groups excluding carboxylic acids is 1. The molecule has 0 aliphatic rings. The van der Waals surface area contributed by atoms with Crippen molar-refractivity contribution >= 4 is 11.9 Å². The van der Waals surface area contributed by atoms with E-state index in [2.05, 4.69) is 0 Å². The van der Waals surface area contributed by atoms with Gasteiger partial charge in [0.1, 0.15) is 5.75 Å². The summed E-state index contributed by atoms with van der Waals surface area (Å²) in [6, 6.07) is 5.74. The van der Waals surface area contributed by atoms with Gasteiger partial charge >= 0.3 is 11.9 Å². The molecule has 1 aromatic carbocycles. The van der Waals surface area contributed by atoms with E-state index in [9.17, 15) is 9.59 Å². The SMILES string of the molecule is CCCC(=O)Oc1ccc(C(=O)O)cc1. The Morgan fingerprint density at radius 2 is 1.87 bits per heavy atom. The largest absolute Gasteiger partial charge is 0.478 e. The zero-order chi connectivity index (χ0) is 11.3. The lowest BCUT2D eigenvalue weighted by atomic mass is 10.2. The fraction of sp³-hybridized carbons (Fsp3) is 0.273. The van der Waals surface area contributed by atoms with Gasteiger partial charge in [0.05, 0.1) is 5.56 Å². The van der Waals surface area contributed by atoms with Crippen molar-refractivity contribution < 1.29 is 19.4 Å². The molecule has 1 rings (SSSR count). The van der Waals surface area contributed by atoms with Crippen molar-refractivity contribution in [3.05, 3.63) is 29.8 Å². The number of hydrogen-bond acceptors (Lipinski definition) is 3. The third-order valence-electron chi connectivity index (χ3n) is 1.79. The minimum atomic E-state index is -0.999. The summed E-state index contributed by atoms with van der Waals surface area (Å²) in [6.07, 6.45) is 1.09. The van der Waals surface area contributed by atoms with E-state index in [-0.39, 0.29) is 11.5 Å². The summed E-state index contributed by atoms with van der Waals surface area (Å²) in [5, 5.41) is 8.63. The lowest BCUT2D eigenvalue weighted by Gasteiger charge is -2.03. The number of esters is 1. The van der Waals surface area contributed by atoms with E-state index in [1.165, 1.54) is 24.3 Å². The highest BCUT2D eigenvalue weighted by Gasteiger charge is 2.05. The molecule has 0 radical (unpaired) electrons. The Morgan fingerprint density at radius 1 is 1.27 bits per heavy atom. The second-order valence-electron chi connectivity index (χ2n) is 3.05. The first kappa shape index (κ1) is 11.2. The molecule has 0 aliphatic carbocycles. The third-order valence-corrected chi connectivity index (χ3v) is 1.79. The van der Waals surface area contributed by atoms with Crippen LogP contribution in [0.1, 0.15) is 30.1 Å². The van der Waals surface area contributed by atoms with Crippen LogP contribution in [0.15, 0.2) is 24.3 Å². The molecule has 0 fully saturated rings. The molecule has 0 atom stereocenters. The van der Waals surface area contributed by atoms with Crippen molar-refractivity contribution in [2.45, 2.75) is 19.8 Å². The van der Waals surface area contributed by atoms with Crippen LogP contribution in [-0.2, 0) is 4.79 Å². The van der Waals surface area contributed by atoms with Crippen molar-refractivity contribution in [3.8, 4) is 5.75 Å². The maximum absolute atomic E-state index is 11.1. The summed E-state index contributed by atoms with van der Waals surface area (Å²) in [5.41, 5.74) is 0.172. The third kappa shape index (κ3) is 3.42. The molecule has 0 aliphatic heterocycles. The standard InChI is InChI=1S/C11H12O4/c1-2-3-10(12)15-9-6-4-8(5-7-9)11(13)14/h4-7H,2-3H2,1H3,(H,13,14). The van der Waals surface area contributed by atoms with Crippen LogP contribution in [0.3, 0.4) is 0 Å². The zero-order valence-electron chi connectivity index (χ0n) is 8.40. The topological polar surface area (TPSA) is 63.6 Å². The first-order valence-electron chi connectivity index (χ1n) is 4.67. The maximum Gasteiger partial charge on any atom is 0.335 e. The Balaban J connectivity index is 2.64. The molecule has 0 amide bonds. The van der Waals surface area contributed by atoms with E-state index in [0.29, 0.717) is 12.2 Å². The second kappa shape index (κ2) is 5.14. The average Bonchev–Trinajstić information content (AvgIpc) is 2.18. The highest BCUT2D eigenvalue weighted by Crippen LogP contribution is 2.13. The smallest absolute Gasteiger partial charge is 0.335 e. The molecule has 80 valence electrons. The first-order valence-corrected chi connectivity index (χ1v) is 4.67. The van der Waals surface area contributed by atoms with Crippen molar-refractivity contribution in [3.63, 3.8) is 0 Å². The Hall–Kier alpha value is -1.84. The zero-order valence-corrected chi connectivity index (χ0v) is 8.40. The number of benzene rings is 1.